The molecule has 27 heavy (non-hydrogen) atoms. The van der Waals surface area contributed by atoms with E-state index in [2.05, 4.69) is 9.88 Å². The molecule has 0 atom stereocenters. The number of aromatic nitrogens is 1. The lowest BCUT2D eigenvalue weighted by atomic mass is 10.1. The Balaban J connectivity index is 2.08. The molecule has 1 N–H and O–H groups in total. The summed E-state index contributed by atoms with van der Waals surface area (Å²) >= 11 is 0. The molecule has 0 saturated carbocycles. The van der Waals surface area contributed by atoms with Crippen LogP contribution in [-0.4, -0.2) is 20.7 Å². The van der Waals surface area contributed by atoms with Crippen molar-refractivity contribution in [3.63, 3.8) is 0 Å². The maximum Gasteiger partial charge on any atom is 0.265 e. The Hall–Kier alpha value is -2.80. The van der Waals surface area contributed by atoms with Crippen molar-refractivity contribution >= 4 is 15.7 Å². The summed E-state index contributed by atoms with van der Waals surface area (Å²) in [6, 6.07) is 12.2. The summed E-state index contributed by atoms with van der Waals surface area (Å²) in [5.74, 6) is 0.801. The van der Waals surface area contributed by atoms with Crippen molar-refractivity contribution in [1.82, 2.24) is 5.16 Å². The van der Waals surface area contributed by atoms with Crippen LogP contribution in [0.3, 0.4) is 0 Å². The number of benzene rings is 2. The van der Waals surface area contributed by atoms with E-state index in [1.807, 2.05) is 32.9 Å². The molecule has 0 aliphatic carbocycles. The Kier molecular flexibility index (Phi) is 5.23. The topological polar surface area (TPSA) is 81.4 Å². The second-order valence-corrected chi connectivity index (χ2v) is 7.85. The van der Waals surface area contributed by atoms with Crippen molar-refractivity contribution in [2.24, 2.45) is 0 Å². The number of nitrogens with one attached hydrogen (secondary N) is 1. The molecule has 3 aromatic rings. The van der Waals surface area contributed by atoms with Gasteiger partial charge in [-0.25, -0.2) is 8.42 Å². The average Bonchev–Trinajstić information content (AvgIpc) is 3.00. The van der Waals surface area contributed by atoms with Gasteiger partial charge in [-0.05, 0) is 50.1 Å². The number of hydrogen-bond acceptors (Lipinski definition) is 5. The normalized spacial score (nSPS) is 11.4. The molecule has 0 unspecified atom stereocenters. The summed E-state index contributed by atoms with van der Waals surface area (Å²) in [5.41, 5.74) is 3.73. The van der Waals surface area contributed by atoms with E-state index in [9.17, 15) is 8.42 Å². The lowest BCUT2D eigenvalue weighted by molar-refractivity contribution is 0.402. The highest BCUT2D eigenvalue weighted by Gasteiger charge is 2.23. The zero-order valence-corrected chi connectivity index (χ0v) is 16.6. The molecule has 7 heteroatoms. The molecule has 0 saturated heterocycles. The van der Waals surface area contributed by atoms with Crippen molar-refractivity contribution in [2.45, 2.75) is 32.1 Å². The van der Waals surface area contributed by atoms with Crippen LogP contribution in [-0.2, 0) is 16.4 Å². The predicted molar refractivity (Wildman–Crippen MR) is 105 cm³/mol. The fraction of sp³-hybridized carbons (Fsp3) is 0.250. The van der Waals surface area contributed by atoms with Crippen LogP contribution in [0.5, 0.6) is 5.75 Å². The number of methoxy groups -OCH3 is 1. The Morgan fingerprint density at radius 1 is 1.15 bits per heavy atom. The average molecular weight is 386 g/mol. The van der Waals surface area contributed by atoms with E-state index in [1.54, 1.807) is 30.3 Å². The van der Waals surface area contributed by atoms with Gasteiger partial charge in [0.1, 0.15) is 10.6 Å². The molecule has 2 aromatic carbocycles. The lowest BCUT2D eigenvalue weighted by Crippen LogP contribution is -2.15. The summed E-state index contributed by atoms with van der Waals surface area (Å²) in [7, 11) is -2.42. The first kappa shape index (κ1) is 19.0. The Labute approximate surface area is 159 Å². The van der Waals surface area contributed by atoms with E-state index in [0.717, 1.165) is 16.8 Å². The quantitative estimate of drug-likeness (QED) is 0.682. The number of aryl methyl sites for hydroxylation is 2. The van der Waals surface area contributed by atoms with E-state index in [-0.39, 0.29) is 10.6 Å². The van der Waals surface area contributed by atoms with Crippen LogP contribution in [0.2, 0.25) is 0 Å². The summed E-state index contributed by atoms with van der Waals surface area (Å²) < 4.78 is 39.5. The molecule has 142 valence electrons. The van der Waals surface area contributed by atoms with Crippen LogP contribution < -0.4 is 9.46 Å². The SMILES string of the molecule is CCc1ccccc1NS(=O)(=O)c1cc(-c2onc(C)c2C)ccc1OC. The van der Waals surface area contributed by atoms with Gasteiger partial charge in [0.15, 0.2) is 5.76 Å². The number of rotatable bonds is 6. The van der Waals surface area contributed by atoms with Gasteiger partial charge in [-0.2, -0.15) is 0 Å². The van der Waals surface area contributed by atoms with Crippen LogP contribution in [0.1, 0.15) is 23.7 Å². The summed E-state index contributed by atoms with van der Waals surface area (Å²) in [5, 5.41) is 3.95. The van der Waals surface area contributed by atoms with E-state index < -0.39 is 10.0 Å². The number of hydrogen-bond donors (Lipinski definition) is 1. The molecule has 0 amide bonds. The van der Waals surface area contributed by atoms with Gasteiger partial charge >= 0.3 is 0 Å². The first-order valence-electron chi connectivity index (χ1n) is 8.59. The molecule has 0 aliphatic rings. The zero-order valence-electron chi connectivity index (χ0n) is 15.7. The summed E-state index contributed by atoms with van der Waals surface area (Å²) in [6.45, 7) is 5.70. The maximum atomic E-state index is 13.1. The van der Waals surface area contributed by atoms with Gasteiger partial charge in [0.05, 0.1) is 18.5 Å². The van der Waals surface area contributed by atoms with Crippen molar-refractivity contribution in [3.8, 4) is 17.1 Å². The minimum absolute atomic E-state index is 0.0434. The second-order valence-electron chi connectivity index (χ2n) is 6.20. The van der Waals surface area contributed by atoms with Crippen molar-refractivity contribution in [2.75, 3.05) is 11.8 Å². The van der Waals surface area contributed by atoms with Gasteiger partial charge < -0.3 is 9.26 Å². The van der Waals surface area contributed by atoms with Crippen LogP contribution in [0.25, 0.3) is 11.3 Å². The monoisotopic (exact) mass is 386 g/mol. The summed E-state index contributed by atoms with van der Waals surface area (Å²) in [4.78, 5) is 0.0434. The zero-order chi connectivity index (χ0) is 19.6. The minimum atomic E-state index is -3.86. The van der Waals surface area contributed by atoms with Crippen molar-refractivity contribution in [1.29, 1.82) is 0 Å². The summed E-state index contributed by atoms with van der Waals surface area (Å²) in [6.07, 6.45) is 0.715. The highest BCUT2D eigenvalue weighted by molar-refractivity contribution is 7.92. The van der Waals surface area contributed by atoms with E-state index >= 15 is 0 Å². The van der Waals surface area contributed by atoms with E-state index in [4.69, 9.17) is 9.26 Å². The van der Waals surface area contributed by atoms with Crippen LogP contribution in [0.15, 0.2) is 51.9 Å². The first-order valence-corrected chi connectivity index (χ1v) is 10.1. The van der Waals surface area contributed by atoms with Gasteiger partial charge in [-0.15, -0.1) is 0 Å². The number of nitrogens with zero attached hydrogens (tertiary/aromatic N) is 1. The fourth-order valence-electron chi connectivity index (χ4n) is 2.84. The number of ether oxygens (including phenoxy) is 1. The lowest BCUT2D eigenvalue weighted by Gasteiger charge is -2.14. The highest BCUT2D eigenvalue weighted by atomic mass is 32.2. The second kappa shape index (κ2) is 7.44. The van der Waals surface area contributed by atoms with Gasteiger partial charge in [0, 0.05) is 11.1 Å². The molecule has 0 spiro atoms. The number of para-hydroxylation sites is 1. The molecule has 0 radical (unpaired) electrons. The molecular weight excluding hydrogens is 364 g/mol. The largest absolute Gasteiger partial charge is 0.495 e. The Morgan fingerprint density at radius 3 is 2.52 bits per heavy atom. The van der Waals surface area contributed by atoms with Crippen LogP contribution >= 0.6 is 0 Å². The number of anilines is 1. The van der Waals surface area contributed by atoms with Crippen molar-refractivity contribution in [3.05, 3.63) is 59.3 Å². The minimum Gasteiger partial charge on any atom is -0.495 e. The molecule has 6 nitrogen and oxygen atoms in total. The standard InChI is InChI=1S/C20H22N2O4S/c1-5-15-8-6-7-9-17(15)22-27(23,24)19-12-16(10-11-18(19)25-4)20-13(2)14(3)21-26-20/h6-12,22H,5H2,1-4H3. The van der Waals surface area contributed by atoms with Crippen molar-refractivity contribution < 1.29 is 17.7 Å². The fourth-order valence-corrected chi connectivity index (χ4v) is 4.14. The molecule has 0 fully saturated rings. The van der Waals surface area contributed by atoms with E-state index in [1.165, 1.54) is 7.11 Å². The number of sulfonamides is 1. The Morgan fingerprint density at radius 2 is 1.89 bits per heavy atom. The molecule has 0 aliphatic heterocycles. The molecular formula is C20H22N2O4S. The third kappa shape index (κ3) is 3.68. The first-order chi connectivity index (χ1) is 12.9. The van der Waals surface area contributed by atoms with Gasteiger partial charge in [-0.1, -0.05) is 30.3 Å². The molecule has 1 aromatic heterocycles. The predicted octanol–water partition coefficient (Wildman–Crippen LogP) is 4.33. The van der Waals surface area contributed by atoms with E-state index in [0.29, 0.717) is 23.4 Å². The van der Waals surface area contributed by atoms with Crippen LogP contribution in [0, 0.1) is 13.8 Å². The van der Waals surface area contributed by atoms with Gasteiger partial charge in [-0.3, -0.25) is 4.72 Å². The van der Waals surface area contributed by atoms with Gasteiger partial charge in [0.25, 0.3) is 10.0 Å². The third-order valence-corrected chi connectivity index (χ3v) is 5.90. The van der Waals surface area contributed by atoms with Gasteiger partial charge in [0.2, 0.25) is 0 Å². The van der Waals surface area contributed by atoms with Crippen LogP contribution in [0.4, 0.5) is 5.69 Å². The molecule has 3 rings (SSSR count). The molecule has 1 heterocycles. The Bertz CT molecular complexity index is 1070. The third-order valence-electron chi connectivity index (χ3n) is 4.52. The highest BCUT2D eigenvalue weighted by Crippen LogP contribution is 2.33. The smallest absolute Gasteiger partial charge is 0.265 e. The molecule has 0 bridgehead atoms. The maximum absolute atomic E-state index is 13.1.